The van der Waals surface area contributed by atoms with Gasteiger partial charge in [0.05, 0.1) is 17.1 Å². The average Bonchev–Trinajstić information content (AvgIpc) is 3.36. The lowest BCUT2D eigenvalue weighted by atomic mass is 10.0. The quantitative estimate of drug-likeness (QED) is 0.357. The van der Waals surface area contributed by atoms with Crippen molar-refractivity contribution in [1.82, 2.24) is 0 Å². The molecule has 0 amide bonds. The Labute approximate surface area is 196 Å². The Bertz CT molecular complexity index is 1400. The van der Waals surface area contributed by atoms with E-state index in [2.05, 4.69) is 4.90 Å². The number of fused-ring (bicyclic) bond motifs is 5. The van der Waals surface area contributed by atoms with Crippen LogP contribution in [0.4, 0.5) is 5.69 Å². The first-order chi connectivity index (χ1) is 16.2. The normalized spacial score (nSPS) is 14.6. The largest absolute Gasteiger partial charge is 0.489 e. The predicted octanol–water partition coefficient (Wildman–Crippen LogP) is 5.87. The summed E-state index contributed by atoms with van der Waals surface area (Å²) in [6.07, 6.45) is 2.61. The van der Waals surface area contributed by atoms with Gasteiger partial charge >= 0.3 is 5.63 Å². The van der Waals surface area contributed by atoms with Gasteiger partial charge in [0.15, 0.2) is 6.73 Å². The highest BCUT2D eigenvalue weighted by Gasteiger charge is 2.28. The zero-order chi connectivity index (χ0) is 22.4. The maximum absolute atomic E-state index is 12.6. The molecule has 0 atom stereocenters. The zero-order valence-electron chi connectivity index (χ0n) is 18.0. The van der Waals surface area contributed by atoms with Crippen molar-refractivity contribution in [3.8, 4) is 11.5 Å². The van der Waals surface area contributed by atoms with Gasteiger partial charge in [-0.15, -0.1) is 0 Å². The number of aryl methyl sites for hydroxylation is 1. The number of ether oxygens (including phenoxy) is 2. The van der Waals surface area contributed by atoms with Gasteiger partial charge in [0.2, 0.25) is 0 Å². The van der Waals surface area contributed by atoms with Crippen LogP contribution in [-0.2, 0) is 26.0 Å². The van der Waals surface area contributed by atoms with Crippen LogP contribution in [-0.4, -0.2) is 6.73 Å². The topological polar surface area (TPSA) is 51.9 Å². The van der Waals surface area contributed by atoms with Crippen LogP contribution < -0.4 is 20.0 Å². The van der Waals surface area contributed by atoms with Gasteiger partial charge in [0.25, 0.3) is 0 Å². The molecule has 0 fully saturated rings. The summed E-state index contributed by atoms with van der Waals surface area (Å²) in [5.41, 5.74) is 5.15. The molecule has 1 aromatic heterocycles. The van der Waals surface area contributed by atoms with Crippen molar-refractivity contribution in [3.63, 3.8) is 0 Å². The van der Waals surface area contributed by atoms with Crippen LogP contribution in [0.2, 0.25) is 5.02 Å². The fourth-order valence-electron chi connectivity index (χ4n) is 4.77. The first-order valence-corrected chi connectivity index (χ1v) is 11.5. The molecule has 0 N–H and O–H groups in total. The highest BCUT2D eigenvalue weighted by molar-refractivity contribution is 6.33. The molecule has 3 aromatic carbocycles. The van der Waals surface area contributed by atoms with Crippen molar-refractivity contribution < 1.29 is 13.9 Å². The monoisotopic (exact) mass is 459 g/mol. The summed E-state index contributed by atoms with van der Waals surface area (Å²) in [5, 5.41) is 1.49. The molecule has 0 bridgehead atoms. The summed E-state index contributed by atoms with van der Waals surface area (Å²) in [5.74, 6) is 1.40. The Morgan fingerprint density at radius 1 is 0.970 bits per heavy atom. The third kappa shape index (κ3) is 3.62. The summed E-state index contributed by atoms with van der Waals surface area (Å²) in [4.78, 5) is 14.7. The smallest absolute Gasteiger partial charge is 0.339 e. The minimum absolute atomic E-state index is 0.239. The van der Waals surface area contributed by atoms with Gasteiger partial charge in [-0.2, -0.15) is 0 Å². The second-order valence-corrected chi connectivity index (χ2v) is 8.89. The molecule has 0 radical (unpaired) electrons. The summed E-state index contributed by atoms with van der Waals surface area (Å²) in [7, 11) is 0. The van der Waals surface area contributed by atoms with Crippen molar-refractivity contribution >= 4 is 28.3 Å². The maximum atomic E-state index is 12.6. The van der Waals surface area contributed by atoms with Gasteiger partial charge in [-0.05, 0) is 60.7 Å². The van der Waals surface area contributed by atoms with E-state index in [4.69, 9.17) is 25.5 Å². The second kappa shape index (κ2) is 8.16. The molecule has 2 heterocycles. The second-order valence-electron chi connectivity index (χ2n) is 8.48. The van der Waals surface area contributed by atoms with Crippen LogP contribution in [0.1, 0.15) is 28.7 Å². The Balaban J connectivity index is 1.28. The first-order valence-electron chi connectivity index (χ1n) is 11.1. The summed E-state index contributed by atoms with van der Waals surface area (Å²) < 4.78 is 17.7. The van der Waals surface area contributed by atoms with Gasteiger partial charge in [0, 0.05) is 16.6 Å². The molecule has 4 aromatic rings. The molecule has 166 valence electrons. The standard InChI is InChI=1S/C27H22ClNO4/c28-24-13-22-20-7-4-8-21(20)27(30)33-25(22)23-14-29(16-32-26(23)24)18-9-11-19(12-10-18)31-15-17-5-2-1-3-6-17/h1-3,5-6,9-13H,4,7-8,14-16H2. The first kappa shape index (κ1) is 20.2. The van der Waals surface area contributed by atoms with Crippen molar-refractivity contribution in [2.45, 2.75) is 32.4 Å². The average molecular weight is 460 g/mol. The van der Waals surface area contributed by atoms with E-state index in [9.17, 15) is 4.79 Å². The Kier molecular flexibility index (Phi) is 4.99. The van der Waals surface area contributed by atoms with E-state index in [0.717, 1.165) is 58.3 Å². The lowest BCUT2D eigenvalue weighted by molar-refractivity contribution is 0.289. The Morgan fingerprint density at radius 2 is 1.76 bits per heavy atom. The lowest BCUT2D eigenvalue weighted by Gasteiger charge is -2.31. The molecule has 6 rings (SSSR count). The number of nitrogens with zero attached hydrogens (tertiary/aromatic N) is 1. The van der Waals surface area contributed by atoms with E-state index in [1.165, 1.54) is 0 Å². The summed E-state index contributed by atoms with van der Waals surface area (Å²) >= 11 is 6.58. The van der Waals surface area contributed by atoms with Crippen molar-refractivity contribution in [2.24, 2.45) is 0 Å². The van der Waals surface area contributed by atoms with E-state index >= 15 is 0 Å². The predicted molar refractivity (Wildman–Crippen MR) is 128 cm³/mol. The minimum atomic E-state index is -0.239. The third-order valence-corrected chi connectivity index (χ3v) is 6.71. The maximum Gasteiger partial charge on any atom is 0.339 e. The molecule has 5 nitrogen and oxygen atoms in total. The fraction of sp³-hybridized carbons (Fsp3) is 0.222. The van der Waals surface area contributed by atoms with Crippen LogP contribution in [0.15, 0.2) is 69.9 Å². The number of rotatable bonds is 4. The molecule has 0 saturated heterocycles. The highest BCUT2D eigenvalue weighted by atomic mass is 35.5. The van der Waals surface area contributed by atoms with E-state index in [1.54, 1.807) is 0 Å². The number of benzene rings is 3. The van der Waals surface area contributed by atoms with E-state index < -0.39 is 0 Å². The molecule has 0 spiro atoms. The van der Waals surface area contributed by atoms with Gasteiger partial charge < -0.3 is 18.8 Å². The molecule has 0 unspecified atom stereocenters. The van der Waals surface area contributed by atoms with Gasteiger partial charge in [-0.25, -0.2) is 4.79 Å². The minimum Gasteiger partial charge on any atom is -0.489 e. The summed E-state index contributed by atoms with van der Waals surface area (Å²) in [6, 6.07) is 19.9. The van der Waals surface area contributed by atoms with Crippen LogP contribution in [0.3, 0.4) is 0 Å². The molecule has 6 heteroatoms. The Morgan fingerprint density at radius 3 is 2.58 bits per heavy atom. The molecular weight excluding hydrogens is 438 g/mol. The highest BCUT2D eigenvalue weighted by Crippen LogP contribution is 2.42. The van der Waals surface area contributed by atoms with Crippen LogP contribution in [0.5, 0.6) is 11.5 Å². The third-order valence-electron chi connectivity index (χ3n) is 6.43. The number of anilines is 1. The summed E-state index contributed by atoms with van der Waals surface area (Å²) in [6.45, 7) is 1.42. The van der Waals surface area contributed by atoms with Crippen molar-refractivity contribution in [3.05, 3.63) is 98.4 Å². The van der Waals surface area contributed by atoms with Crippen molar-refractivity contribution in [1.29, 1.82) is 0 Å². The van der Waals surface area contributed by atoms with Crippen LogP contribution in [0.25, 0.3) is 11.0 Å². The Hall–Kier alpha value is -3.44. The fourth-order valence-corrected chi connectivity index (χ4v) is 5.05. The number of hydrogen-bond donors (Lipinski definition) is 0. The van der Waals surface area contributed by atoms with Gasteiger partial charge in [-0.1, -0.05) is 41.9 Å². The van der Waals surface area contributed by atoms with Crippen LogP contribution in [0, 0.1) is 0 Å². The van der Waals surface area contributed by atoms with Gasteiger partial charge in [0.1, 0.15) is 23.7 Å². The molecule has 33 heavy (non-hydrogen) atoms. The van der Waals surface area contributed by atoms with E-state index in [1.807, 2.05) is 60.7 Å². The number of hydrogen-bond acceptors (Lipinski definition) is 5. The van der Waals surface area contributed by atoms with Crippen molar-refractivity contribution in [2.75, 3.05) is 11.6 Å². The number of halogens is 1. The molecule has 1 aliphatic carbocycles. The lowest BCUT2D eigenvalue weighted by Crippen LogP contribution is -2.32. The molecule has 2 aliphatic rings. The zero-order valence-corrected chi connectivity index (χ0v) is 18.7. The SMILES string of the molecule is O=c1oc2c3c(c(Cl)cc2c2c1CCC2)OCN(c1ccc(OCc2ccccc2)cc1)C3. The molecular formula is C27H22ClNO4. The van der Waals surface area contributed by atoms with Gasteiger partial charge in [-0.3, -0.25) is 0 Å². The van der Waals surface area contributed by atoms with Crippen LogP contribution >= 0.6 is 11.6 Å². The molecule has 0 saturated carbocycles. The van der Waals surface area contributed by atoms with E-state index in [-0.39, 0.29) is 5.63 Å². The molecule has 1 aliphatic heterocycles. The van der Waals surface area contributed by atoms with E-state index in [0.29, 0.717) is 36.2 Å².